The van der Waals surface area contributed by atoms with Crippen molar-refractivity contribution in [2.75, 3.05) is 25.5 Å². The summed E-state index contributed by atoms with van der Waals surface area (Å²) in [7, 11) is -2.16. The van der Waals surface area contributed by atoms with E-state index in [0.29, 0.717) is 43.3 Å². The second-order valence-corrected chi connectivity index (χ2v) is 12.1. The standard InChI is InChI=1S/C27H32FN5O4S/c1-27(2,3)37-26(34)33-17-14-22(15-18-33)32(4)38(35,36)23-11-9-21(10-12-23)30-25-29-16-13-24(31-25)19-5-7-20(28)8-6-19/h5-13,16,22H,14-15,17-18H2,1-4H3,(H,29,30,31). The number of aromatic nitrogens is 2. The topological polar surface area (TPSA) is 105 Å². The molecule has 202 valence electrons. The largest absolute Gasteiger partial charge is 0.444 e. The van der Waals surface area contributed by atoms with Crippen LogP contribution in [0, 0.1) is 5.82 Å². The van der Waals surface area contributed by atoms with Crippen LogP contribution in [0.15, 0.2) is 65.7 Å². The predicted octanol–water partition coefficient (Wildman–Crippen LogP) is 5.05. The van der Waals surface area contributed by atoms with Gasteiger partial charge in [-0.05, 0) is 88.2 Å². The van der Waals surface area contributed by atoms with Gasteiger partial charge in [-0.1, -0.05) is 0 Å². The molecule has 1 N–H and O–H groups in total. The van der Waals surface area contributed by atoms with Gasteiger partial charge in [-0.25, -0.2) is 27.6 Å². The normalized spacial score (nSPS) is 14.9. The lowest BCUT2D eigenvalue weighted by Crippen LogP contribution is -2.48. The molecule has 1 amide bonds. The molecule has 0 bridgehead atoms. The van der Waals surface area contributed by atoms with Crippen molar-refractivity contribution < 1.29 is 22.3 Å². The van der Waals surface area contributed by atoms with Crippen LogP contribution in [0.4, 0.5) is 20.8 Å². The summed E-state index contributed by atoms with van der Waals surface area (Å²) in [6.45, 7) is 6.31. The fraction of sp³-hybridized carbons (Fsp3) is 0.370. The Hall–Kier alpha value is -3.57. The Bertz CT molecular complexity index is 1370. The van der Waals surface area contributed by atoms with Gasteiger partial charge in [0.2, 0.25) is 16.0 Å². The third-order valence-corrected chi connectivity index (χ3v) is 8.14. The van der Waals surface area contributed by atoms with E-state index in [1.807, 2.05) is 20.8 Å². The van der Waals surface area contributed by atoms with Gasteiger partial charge in [0.25, 0.3) is 0 Å². The number of amides is 1. The molecule has 1 saturated heterocycles. The third kappa shape index (κ3) is 6.65. The molecule has 0 atom stereocenters. The van der Waals surface area contributed by atoms with Gasteiger partial charge in [-0.3, -0.25) is 0 Å². The number of halogens is 1. The number of nitrogens with one attached hydrogen (secondary N) is 1. The molecule has 38 heavy (non-hydrogen) atoms. The molecule has 1 fully saturated rings. The fourth-order valence-corrected chi connectivity index (χ4v) is 5.56. The van der Waals surface area contributed by atoms with Crippen LogP contribution in [0.1, 0.15) is 33.6 Å². The number of hydrogen-bond acceptors (Lipinski definition) is 7. The summed E-state index contributed by atoms with van der Waals surface area (Å²) in [4.78, 5) is 22.8. The molecule has 0 radical (unpaired) electrons. The smallest absolute Gasteiger partial charge is 0.410 e. The van der Waals surface area contributed by atoms with Crippen LogP contribution in [-0.4, -0.2) is 65.5 Å². The van der Waals surface area contributed by atoms with Crippen molar-refractivity contribution in [2.24, 2.45) is 0 Å². The number of rotatable bonds is 6. The van der Waals surface area contributed by atoms with Crippen LogP contribution in [-0.2, 0) is 14.8 Å². The van der Waals surface area contributed by atoms with E-state index >= 15 is 0 Å². The zero-order valence-electron chi connectivity index (χ0n) is 21.9. The minimum Gasteiger partial charge on any atom is -0.444 e. The molecule has 1 aliphatic rings. The molecule has 0 unspecified atom stereocenters. The van der Waals surface area contributed by atoms with E-state index in [4.69, 9.17) is 4.74 Å². The highest BCUT2D eigenvalue weighted by Gasteiger charge is 2.33. The van der Waals surface area contributed by atoms with Crippen molar-refractivity contribution in [2.45, 2.75) is 50.2 Å². The SMILES string of the molecule is CN(C1CCN(C(=O)OC(C)(C)C)CC1)S(=O)(=O)c1ccc(Nc2nccc(-c3ccc(F)cc3)n2)cc1. The summed E-state index contributed by atoms with van der Waals surface area (Å²) in [5, 5.41) is 3.07. The third-order valence-electron chi connectivity index (χ3n) is 6.21. The highest BCUT2D eigenvalue weighted by atomic mass is 32.2. The molecular weight excluding hydrogens is 509 g/mol. The van der Waals surface area contributed by atoms with E-state index in [0.717, 1.165) is 5.56 Å². The molecule has 2 heterocycles. The second-order valence-electron chi connectivity index (χ2n) is 10.1. The number of piperidine rings is 1. The first-order valence-electron chi connectivity index (χ1n) is 12.3. The van der Waals surface area contributed by atoms with E-state index in [-0.39, 0.29) is 22.8 Å². The fourth-order valence-electron chi connectivity index (χ4n) is 4.14. The molecule has 1 aromatic heterocycles. The van der Waals surface area contributed by atoms with Gasteiger partial charge in [0.1, 0.15) is 11.4 Å². The number of carbonyl (C=O) groups is 1. The van der Waals surface area contributed by atoms with Crippen molar-refractivity contribution in [1.82, 2.24) is 19.2 Å². The van der Waals surface area contributed by atoms with Crippen LogP contribution in [0.3, 0.4) is 0 Å². The van der Waals surface area contributed by atoms with Crippen LogP contribution in [0.25, 0.3) is 11.3 Å². The molecule has 4 rings (SSSR count). The molecule has 3 aromatic rings. The minimum atomic E-state index is -3.73. The number of carbonyl (C=O) groups excluding carboxylic acids is 1. The van der Waals surface area contributed by atoms with Gasteiger partial charge in [0.05, 0.1) is 10.6 Å². The number of likely N-dealkylation sites (tertiary alicyclic amines) is 1. The first-order chi connectivity index (χ1) is 17.9. The summed E-state index contributed by atoms with van der Waals surface area (Å²) in [5.74, 6) is 0.00407. The van der Waals surface area contributed by atoms with E-state index < -0.39 is 15.6 Å². The maximum absolute atomic E-state index is 13.3. The zero-order chi connectivity index (χ0) is 27.5. The summed E-state index contributed by atoms with van der Waals surface area (Å²) < 4.78 is 46.6. The number of benzene rings is 2. The summed E-state index contributed by atoms with van der Waals surface area (Å²) >= 11 is 0. The molecule has 0 aliphatic carbocycles. The highest BCUT2D eigenvalue weighted by molar-refractivity contribution is 7.89. The molecule has 1 aliphatic heterocycles. The molecule has 2 aromatic carbocycles. The van der Waals surface area contributed by atoms with Gasteiger partial charge in [-0.15, -0.1) is 0 Å². The second kappa shape index (κ2) is 11.0. The number of hydrogen-bond donors (Lipinski definition) is 1. The highest BCUT2D eigenvalue weighted by Crippen LogP contribution is 2.26. The van der Waals surface area contributed by atoms with Gasteiger partial charge in [-0.2, -0.15) is 4.31 Å². The lowest BCUT2D eigenvalue weighted by Gasteiger charge is -2.36. The van der Waals surface area contributed by atoms with Crippen LogP contribution >= 0.6 is 0 Å². The first-order valence-corrected chi connectivity index (χ1v) is 13.8. The number of nitrogens with zero attached hydrogens (tertiary/aromatic N) is 4. The van der Waals surface area contributed by atoms with Crippen LogP contribution in [0.2, 0.25) is 0 Å². The van der Waals surface area contributed by atoms with Crippen molar-refractivity contribution >= 4 is 27.8 Å². The average Bonchev–Trinajstić information content (AvgIpc) is 2.88. The van der Waals surface area contributed by atoms with Crippen molar-refractivity contribution in [3.8, 4) is 11.3 Å². The van der Waals surface area contributed by atoms with E-state index in [1.54, 1.807) is 48.5 Å². The zero-order valence-corrected chi connectivity index (χ0v) is 22.7. The Labute approximate surface area is 222 Å². The quantitative estimate of drug-likeness (QED) is 0.466. The van der Waals surface area contributed by atoms with Gasteiger partial charge >= 0.3 is 6.09 Å². The van der Waals surface area contributed by atoms with Crippen molar-refractivity contribution in [1.29, 1.82) is 0 Å². The van der Waals surface area contributed by atoms with Crippen molar-refractivity contribution in [3.63, 3.8) is 0 Å². The average molecular weight is 542 g/mol. The maximum Gasteiger partial charge on any atom is 0.410 e. The number of ether oxygens (including phenoxy) is 1. The lowest BCUT2D eigenvalue weighted by atomic mass is 10.1. The Morgan fingerprint density at radius 1 is 1.05 bits per heavy atom. The van der Waals surface area contributed by atoms with Crippen molar-refractivity contribution in [3.05, 3.63) is 66.6 Å². The molecule has 9 nitrogen and oxygen atoms in total. The molecule has 11 heteroatoms. The van der Waals surface area contributed by atoms with Gasteiger partial charge < -0.3 is 15.0 Å². The van der Waals surface area contributed by atoms with Crippen LogP contribution < -0.4 is 5.32 Å². The molecule has 0 saturated carbocycles. The summed E-state index contributed by atoms with van der Waals surface area (Å²) in [5.41, 5.74) is 1.42. The monoisotopic (exact) mass is 541 g/mol. The lowest BCUT2D eigenvalue weighted by molar-refractivity contribution is 0.0183. The van der Waals surface area contributed by atoms with Crippen LogP contribution in [0.5, 0.6) is 0 Å². The Balaban J connectivity index is 1.38. The first kappa shape index (κ1) is 27.5. The molecular formula is C27H32FN5O4S. The Morgan fingerprint density at radius 3 is 2.29 bits per heavy atom. The van der Waals surface area contributed by atoms with E-state index in [9.17, 15) is 17.6 Å². The predicted molar refractivity (Wildman–Crippen MR) is 143 cm³/mol. The Morgan fingerprint density at radius 2 is 1.68 bits per heavy atom. The number of sulfonamides is 1. The van der Waals surface area contributed by atoms with Gasteiger partial charge in [0.15, 0.2) is 0 Å². The summed E-state index contributed by atoms with van der Waals surface area (Å²) in [6, 6.07) is 13.9. The van der Waals surface area contributed by atoms with E-state index in [1.165, 1.54) is 28.6 Å². The molecule has 0 spiro atoms. The minimum absolute atomic E-state index is 0.168. The van der Waals surface area contributed by atoms with E-state index in [2.05, 4.69) is 15.3 Å². The maximum atomic E-state index is 13.3. The number of anilines is 2. The van der Waals surface area contributed by atoms with Gasteiger partial charge in [0, 0.05) is 43.6 Å². The Kier molecular flexibility index (Phi) is 7.98. The summed E-state index contributed by atoms with van der Waals surface area (Å²) in [6.07, 6.45) is 2.26.